The largest absolute Gasteiger partial charge is 0.385 e. The van der Waals surface area contributed by atoms with Crippen molar-refractivity contribution in [2.75, 3.05) is 53.3 Å². The smallest absolute Gasteiger partial charge is 0.193 e. The van der Waals surface area contributed by atoms with Gasteiger partial charge in [-0.25, -0.2) is 0 Å². The summed E-state index contributed by atoms with van der Waals surface area (Å²) in [7, 11) is 3.59. The number of thioether (sulfide) groups is 1. The Bertz CT molecular complexity index is 295. The topological polar surface area (TPSA) is 46.1 Å². The highest BCUT2D eigenvalue weighted by Gasteiger charge is 2.21. The fourth-order valence-electron chi connectivity index (χ4n) is 2.34. The van der Waals surface area contributed by atoms with E-state index in [9.17, 15) is 0 Å². The van der Waals surface area contributed by atoms with Crippen molar-refractivity contribution in [3.05, 3.63) is 0 Å². The monoisotopic (exact) mass is 317 g/mol. The third-order valence-corrected chi connectivity index (χ3v) is 4.72. The molecule has 0 aromatic carbocycles. The first kappa shape index (κ1) is 18.6. The predicted octanol–water partition coefficient (Wildman–Crippen LogP) is 1.83. The summed E-state index contributed by atoms with van der Waals surface area (Å²) in [6.07, 6.45) is 5.66. The van der Waals surface area contributed by atoms with E-state index >= 15 is 0 Å². The molecule has 0 radical (unpaired) electrons. The van der Waals surface area contributed by atoms with Gasteiger partial charge in [0.2, 0.25) is 0 Å². The van der Waals surface area contributed by atoms with Crippen molar-refractivity contribution in [2.45, 2.75) is 37.5 Å². The van der Waals surface area contributed by atoms with Crippen molar-refractivity contribution in [3.63, 3.8) is 0 Å². The number of rotatable bonds is 8. The van der Waals surface area contributed by atoms with E-state index in [1.54, 1.807) is 7.11 Å². The first-order valence-corrected chi connectivity index (χ1v) is 9.09. The van der Waals surface area contributed by atoms with Gasteiger partial charge in [-0.1, -0.05) is 6.92 Å². The van der Waals surface area contributed by atoms with Crippen LogP contribution >= 0.6 is 11.8 Å². The zero-order valence-electron chi connectivity index (χ0n) is 13.9. The summed E-state index contributed by atoms with van der Waals surface area (Å²) in [6, 6.07) is 0. The first-order chi connectivity index (χ1) is 10.2. The Morgan fingerprint density at radius 3 is 2.67 bits per heavy atom. The molecule has 0 aromatic heterocycles. The molecule has 1 aliphatic heterocycles. The van der Waals surface area contributed by atoms with Crippen LogP contribution in [0.5, 0.6) is 0 Å². The van der Waals surface area contributed by atoms with E-state index in [1.807, 2.05) is 18.8 Å². The first-order valence-electron chi connectivity index (χ1n) is 7.80. The molecule has 0 aromatic rings. The van der Waals surface area contributed by atoms with Crippen LogP contribution in [0.15, 0.2) is 4.99 Å². The van der Waals surface area contributed by atoms with Gasteiger partial charge in [0.05, 0.1) is 6.10 Å². The van der Waals surface area contributed by atoms with E-state index < -0.39 is 0 Å². The highest BCUT2D eigenvalue weighted by atomic mass is 32.2. The van der Waals surface area contributed by atoms with Crippen LogP contribution in [-0.2, 0) is 9.47 Å². The van der Waals surface area contributed by atoms with Crippen molar-refractivity contribution >= 4 is 17.7 Å². The van der Waals surface area contributed by atoms with Crippen LogP contribution in [0, 0.1) is 0 Å². The van der Waals surface area contributed by atoms with Crippen molar-refractivity contribution in [2.24, 2.45) is 4.99 Å². The molecular weight excluding hydrogens is 286 g/mol. The van der Waals surface area contributed by atoms with E-state index in [-0.39, 0.29) is 0 Å². The number of likely N-dealkylation sites (tertiary alicyclic amines) is 1. The van der Waals surface area contributed by atoms with Gasteiger partial charge in [0.1, 0.15) is 0 Å². The summed E-state index contributed by atoms with van der Waals surface area (Å²) in [4.78, 5) is 6.73. The van der Waals surface area contributed by atoms with Crippen LogP contribution in [-0.4, -0.2) is 75.5 Å². The molecule has 1 saturated heterocycles. The van der Waals surface area contributed by atoms with Crippen molar-refractivity contribution in [1.29, 1.82) is 0 Å². The molecule has 0 spiro atoms. The maximum Gasteiger partial charge on any atom is 0.193 e. The van der Waals surface area contributed by atoms with Crippen LogP contribution in [0.2, 0.25) is 0 Å². The van der Waals surface area contributed by atoms with Crippen molar-refractivity contribution in [1.82, 2.24) is 10.2 Å². The zero-order valence-corrected chi connectivity index (χ0v) is 14.7. The summed E-state index contributed by atoms with van der Waals surface area (Å²) in [5, 5.41) is 4.06. The molecule has 1 N–H and O–H groups in total. The maximum atomic E-state index is 5.89. The standard InChI is InChI=1S/C15H31N3O2S/c1-13(21-4)12-17-15(16-2)18-8-6-14(7-9-18)20-11-5-10-19-3/h13-14H,5-12H2,1-4H3,(H,16,17). The number of ether oxygens (including phenoxy) is 2. The van der Waals surface area contributed by atoms with Gasteiger partial charge in [0, 0.05) is 52.3 Å². The van der Waals surface area contributed by atoms with Crippen LogP contribution < -0.4 is 5.32 Å². The predicted molar refractivity (Wildman–Crippen MR) is 91.4 cm³/mol. The molecule has 0 aliphatic carbocycles. The van der Waals surface area contributed by atoms with Gasteiger partial charge in [-0.05, 0) is 25.5 Å². The normalized spacial score (nSPS) is 18.9. The Morgan fingerprint density at radius 1 is 1.38 bits per heavy atom. The average molecular weight is 317 g/mol. The van der Waals surface area contributed by atoms with Crippen molar-refractivity contribution < 1.29 is 9.47 Å². The van der Waals surface area contributed by atoms with Crippen molar-refractivity contribution in [3.8, 4) is 0 Å². The van der Waals surface area contributed by atoms with E-state index in [0.717, 1.165) is 58.1 Å². The number of nitrogens with one attached hydrogen (secondary N) is 1. The third kappa shape index (κ3) is 7.38. The Morgan fingerprint density at radius 2 is 2.10 bits per heavy atom. The molecule has 1 atom stereocenters. The molecular formula is C15H31N3O2S. The van der Waals surface area contributed by atoms with Gasteiger partial charge in [0.15, 0.2) is 5.96 Å². The molecule has 0 amide bonds. The second-order valence-electron chi connectivity index (χ2n) is 5.38. The number of piperidine rings is 1. The summed E-state index contributed by atoms with van der Waals surface area (Å²) >= 11 is 1.87. The molecule has 1 unspecified atom stereocenters. The van der Waals surface area contributed by atoms with Gasteiger partial charge in [-0.2, -0.15) is 11.8 Å². The Kier molecular flexibility index (Phi) is 9.87. The number of nitrogens with zero attached hydrogens (tertiary/aromatic N) is 2. The molecule has 1 fully saturated rings. The lowest BCUT2D eigenvalue weighted by Gasteiger charge is -2.34. The van der Waals surface area contributed by atoms with Crippen LogP contribution in [0.4, 0.5) is 0 Å². The van der Waals surface area contributed by atoms with Gasteiger partial charge in [-0.15, -0.1) is 0 Å². The summed E-state index contributed by atoms with van der Waals surface area (Å²) in [5.41, 5.74) is 0. The van der Waals surface area contributed by atoms with E-state index in [4.69, 9.17) is 9.47 Å². The quantitative estimate of drug-likeness (QED) is 0.420. The molecule has 6 heteroatoms. The summed E-state index contributed by atoms with van der Waals surface area (Å²) in [6.45, 7) is 6.80. The van der Waals surface area contributed by atoms with Crippen LogP contribution in [0.1, 0.15) is 26.2 Å². The lowest BCUT2D eigenvalue weighted by molar-refractivity contribution is 0.00992. The molecule has 5 nitrogen and oxygen atoms in total. The fourth-order valence-corrected chi connectivity index (χ4v) is 2.59. The number of hydrogen-bond donors (Lipinski definition) is 1. The molecule has 1 rings (SSSR count). The Balaban J connectivity index is 2.24. The highest BCUT2D eigenvalue weighted by Crippen LogP contribution is 2.14. The lowest BCUT2D eigenvalue weighted by atomic mass is 10.1. The molecule has 1 heterocycles. The molecule has 0 bridgehead atoms. The zero-order chi connectivity index (χ0) is 15.5. The highest BCUT2D eigenvalue weighted by molar-refractivity contribution is 7.99. The molecule has 1 aliphatic rings. The van der Waals surface area contributed by atoms with Gasteiger partial charge in [-0.3, -0.25) is 4.99 Å². The number of hydrogen-bond acceptors (Lipinski definition) is 4. The molecule has 21 heavy (non-hydrogen) atoms. The second-order valence-corrected chi connectivity index (χ2v) is 6.65. The van der Waals surface area contributed by atoms with Crippen LogP contribution in [0.25, 0.3) is 0 Å². The Labute approximate surface area is 133 Å². The number of aliphatic imine (C=N–C) groups is 1. The summed E-state index contributed by atoms with van der Waals surface area (Å²) in [5.74, 6) is 1.02. The lowest BCUT2D eigenvalue weighted by Crippen LogP contribution is -2.48. The fraction of sp³-hybridized carbons (Fsp3) is 0.933. The minimum atomic E-state index is 0.390. The minimum Gasteiger partial charge on any atom is -0.385 e. The minimum absolute atomic E-state index is 0.390. The molecule has 124 valence electrons. The SMILES string of the molecule is CN=C(NCC(C)SC)N1CCC(OCCCOC)CC1. The Hall–Kier alpha value is -0.460. The number of methoxy groups -OCH3 is 1. The maximum absolute atomic E-state index is 5.89. The van der Waals surface area contributed by atoms with Crippen LogP contribution in [0.3, 0.4) is 0 Å². The van der Waals surface area contributed by atoms with Gasteiger partial charge < -0.3 is 19.7 Å². The average Bonchev–Trinajstić information content (AvgIpc) is 2.53. The van der Waals surface area contributed by atoms with E-state index in [0.29, 0.717) is 11.4 Å². The van der Waals surface area contributed by atoms with E-state index in [2.05, 4.69) is 28.4 Å². The second kappa shape index (κ2) is 11.2. The van der Waals surface area contributed by atoms with Gasteiger partial charge in [0.25, 0.3) is 0 Å². The third-order valence-electron chi connectivity index (χ3n) is 3.75. The number of guanidine groups is 1. The summed E-state index contributed by atoms with van der Waals surface area (Å²) < 4.78 is 10.9. The van der Waals surface area contributed by atoms with E-state index in [1.165, 1.54) is 0 Å². The molecule has 0 saturated carbocycles. The van der Waals surface area contributed by atoms with Gasteiger partial charge >= 0.3 is 0 Å².